The summed E-state index contributed by atoms with van der Waals surface area (Å²) in [7, 11) is 1.74. The summed E-state index contributed by atoms with van der Waals surface area (Å²) in [5.41, 5.74) is 1.12. The number of anilines is 1. The molecular weight excluding hydrogens is 384 g/mol. The van der Waals surface area contributed by atoms with Gasteiger partial charge in [0.15, 0.2) is 0 Å². The molecule has 1 fully saturated rings. The summed E-state index contributed by atoms with van der Waals surface area (Å²) in [6.45, 7) is 0. The summed E-state index contributed by atoms with van der Waals surface area (Å²) in [5, 5.41) is 32.7. The van der Waals surface area contributed by atoms with E-state index in [1.54, 1.807) is 31.3 Å². The summed E-state index contributed by atoms with van der Waals surface area (Å²) >= 11 is 0. The largest absolute Gasteiger partial charge is 0.481 e. The first-order valence-corrected chi connectivity index (χ1v) is 9.14. The number of amides is 1. The zero-order chi connectivity index (χ0) is 21.6. The molecule has 1 amide bonds. The fraction of sp³-hybridized carbons (Fsp3) is 0.474. The molecule has 1 aliphatic rings. The Morgan fingerprint density at radius 2 is 1.69 bits per heavy atom. The van der Waals surface area contributed by atoms with Gasteiger partial charge in [0, 0.05) is 24.7 Å². The SMILES string of the molecule is CNc1ccc(C(=O)N[C@@H](CCC2OC2[C@@H](CCC(=O)O)C(=O)O)C(=O)O)cc1. The van der Waals surface area contributed by atoms with Crippen molar-refractivity contribution >= 4 is 29.5 Å². The summed E-state index contributed by atoms with van der Waals surface area (Å²) in [6, 6.07) is 5.37. The third kappa shape index (κ3) is 6.46. The van der Waals surface area contributed by atoms with Crippen molar-refractivity contribution in [3.8, 4) is 0 Å². The fourth-order valence-corrected chi connectivity index (χ4v) is 3.07. The molecule has 0 saturated carbocycles. The maximum Gasteiger partial charge on any atom is 0.326 e. The molecule has 4 atom stereocenters. The van der Waals surface area contributed by atoms with Crippen LogP contribution < -0.4 is 10.6 Å². The second-order valence-corrected chi connectivity index (χ2v) is 6.79. The minimum absolute atomic E-state index is 0.0576. The summed E-state index contributed by atoms with van der Waals surface area (Å²) in [6.07, 6.45) is -1.18. The van der Waals surface area contributed by atoms with Crippen LogP contribution in [-0.4, -0.2) is 64.4 Å². The Morgan fingerprint density at radius 1 is 1.03 bits per heavy atom. The second kappa shape index (κ2) is 9.87. The third-order valence-corrected chi connectivity index (χ3v) is 4.78. The lowest BCUT2D eigenvalue weighted by molar-refractivity contribution is -0.144. The van der Waals surface area contributed by atoms with Crippen molar-refractivity contribution < 1.29 is 39.2 Å². The number of carboxylic acids is 3. The van der Waals surface area contributed by atoms with Gasteiger partial charge in [0.25, 0.3) is 5.91 Å². The molecule has 5 N–H and O–H groups in total. The lowest BCUT2D eigenvalue weighted by atomic mass is 9.95. The molecule has 10 nitrogen and oxygen atoms in total. The monoisotopic (exact) mass is 408 g/mol. The standard InChI is InChI=1S/C19H24N2O8/c1-20-11-4-2-10(3-5-11)17(24)21-13(19(27)28)7-8-14-16(29-14)12(18(25)26)6-9-15(22)23/h2-5,12-14,16,20H,6-9H2,1H3,(H,21,24)(H,22,23)(H,25,26)(H,27,28)/t12-,13+,14?,16?/m1/s1. The average molecular weight is 408 g/mol. The maximum absolute atomic E-state index is 12.3. The van der Waals surface area contributed by atoms with E-state index in [4.69, 9.17) is 9.84 Å². The average Bonchev–Trinajstić information content (AvgIpc) is 3.43. The zero-order valence-electron chi connectivity index (χ0n) is 15.8. The van der Waals surface area contributed by atoms with Crippen molar-refractivity contribution in [3.63, 3.8) is 0 Å². The van der Waals surface area contributed by atoms with Crippen LogP contribution in [0.25, 0.3) is 0 Å². The maximum atomic E-state index is 12.3. The number of hydrogen-bond acceptors (Lipinski definition) is 6. The molecule has 0 bridgehead atoms. The van der Waals surface area contributed by atoms with E-state index in [-0.39, 0.29) is 25.7 Å². The van der Waals surface area contributed by atoms with Crippen LogP contribution in [0.1, 0.15) is 36.0 Å². The molecule has 29 heavy (non-hydrogen) atoms. The van der Waals surface area contributed by atoms with Gasteiger partial charge < -0.3 is 30.7 Å². The van der Waals surface area contributed by atoms with Gasteiger partial charge in [-0.3, -0.25) is 14.4 Å². The van der Waals surface area contributed by atoms with Gasteiger partial charge in [-0.25, -0.2) is 4.79 Å². The summed E-state index contributed by atoms with van der Waals surface area (Å²) in [5.74, 6) is -4.93. The molecule has 2 unspecified atom stereocenters. The minimum atomic E-state index is -1.21. The Hall–Kier alpha value is -3.14. The number of hydrogen-bond donors (Lipinski definition) is 5. The van der Waals surface area contributed by atoms with Crippen molar-refractivity contribution in [2.75, 3.05) is 12.4 Å². The quantitative estimate of drug-likeness (QED) is 0.317. The van der Waals surface area contributed by atoms with Gasteiger partial charge in [-0.2, -0.15) is 0 Å². The summed E-state index contributed by atoms with van der Waals surface area (Å²) < 4.78 is 5.33. The smallest absolute Gasteiger partial charge is 0.326 e. The third-order valence-electron chi connectivity index (χ3n) is 4.78. The molecule has 1 aliphatic heterocycles. The van der Waals surface area contributed by atoms with E-state index in [2.05, 4.69) is 10.6 Å². The van der Waals surface area contributed by atoms with Crippen LogP contribution in [0, 0.1) is 5.92 Å². The van der Waals surface area contributed by atoms with Crippen molar-refractivity contribution in [1.82, 2.24) is 5.32 Å². The van der Waals surface area contributed by atoms with Gasteiger partial charge in [0.1, 0.15) is 6.04 Å². The Labute approximate surface area is 166 Å². The van der Waals surface area contributed by atoms with Crippen molar-refractivity contribution in [2.45, 2.75) is 43.9 Å². The lowest BCUT2D eigenvalue weighted by Crippen LogP contribution is -2.41. The number of carbonyl (C=O) groups is 4. The summed E-state index contributed by atoms with van der Waals surface area (Å²) in [4.78, 5) is 45.7. The van der Waals surface area contributed by atoms with E-state index in [0.717, 1.165) is 5.69 Å². The first kappa shape index (κ1) is 22.2. The number of nitrogens with one attached hydrogen (secondary N) is 2. The van der Waals surface area contributed by atoms with Gasteiger partial charge in [-0.05, 0) is 43.5 Å². The first-order valence-electron chi connectivity index (χ1n) is 9.14. The molecule has 1 aromatic carbocycles. The number of rotatable bonds is 12. The normalized spacial score (nSPS) is 19.6. The van der Waals surface area contributed by atoms with Gasteiger partial charge >= 0.3 is 17.9 Å². The number of carbonyl (C=O) groups excluding carboxylic acids is 1. The molecule has 1 aromatic rings. The van der Waals surface area contributed by atoms with E-state index < -0.39 is 48.0 Å². The first-order chi connectivity index (χ1) is 13.7. The molecule has 0 aliphatic carbocycles. The Balaban J connectivity index is 1.88. The van der Waals surface area contributed by atoms with Gasteiger partial charge in [0.05, 0.1) is 18.1 Å². The van der Waals surface area contributed by atoms with Crippen LogP contribution >= 0.6 is 0 Å². The Morgan fingerprint density at radius 3 is 2.21 bits per heavy atom. The van der Waals surface area contributed by atoms with Gasteiger partial charge in [0.2, 0.25) is 0 Å². The molecule has 10 heteroatoms. The number of epoxide rings is 1. The minimum Gasteiger partial charge on any atom is -0.481 e. The molecule has 1 saturated heterocycles. The van der Waals surface area contributed by atoms with Crippen LogP contribution in [0.4, 0.5) is 5.69 Å². The highest BCUT2D eigenvalue weighted by molar-refractivity contribution is 5.96. The van der Waals surface area contributed by atoms with Crippen LogP contribution in [0.15, 0.2) is 24.3 Å². The predicted octanol–water partition coefficient (Wildman–Crippen LogP) is 1.02. The molecule has 1 heterocycles. The molecule has 0 radical (unpaired) electrons. The topological polar surface area (TPSA) is 166 Å². The van der Waals surface area contributed by atoms with Gasteiger partial charge in [-0.15, -0.1) is 0 Å². The number of aliphatic carboxylic acids is 3. The molecular formula is C19H24N2O8. The second-order valence-electron chi connectivity index (χ2n) is 6.79. The van der Waals surface area contributed by atoms with Crippen LogP contribution in [0.2, 0.25) is 0 Å². The fourth-order valence-electron chi connectivity index (χ4n) is 3.07. The highest BCUT2D eigenvalue weighted by Crippen LogP contribution is 2.35. The van der Waals surface area contributed by atoms with E-state index in [1.807, 2.05) is 0 Å². The van der Waals surface area contributed by atoms with E-state index in [0.29, 0.717) is 5.56 Å². The highest BCUT2D eigenvalue weighted by Gasteiger charge is 2.47. The Bertz CT molecular complexity index is 764. The molecule has 158 valence electrons. The predicted molar refractivity (Wildman–Crippen MR) is 101 cm³/mol. The molecule has 0 aromatic heterocycles. The zero-order valence-corrected chi connectivity index (χ0v) is 15.8. The van der Waals surface area contributed by atoms with Crippen molar-refractivity contribution in [3.05, 3.63) is 29.8 Å². The lowest BCUT2D eigenvalue weighted by Gasteiger charge is -2.14. The molecule has 2 rings (SSSR count). The number of benzene rings is 1. The molecule has 0 spiro atoms. The van der Waals surface area contributed by atoms with E-state index in [9.17, 15) is 29.4 Å². The Kier molecular flexibility index (Phi) is 7.54. The van der Waals surface area contributed by atoms with Crippen molar-refractivity contribution in [2.24, 2.45) is 5.92 Å². The highest BCUT2D eigenvalue weighted by atomic mass is 16.6. The van der Waals surface area contributed by atoms with E-state index >= 15 is 0 Å². The van der Waals surface area contributed by atoms with Crippen LogP contribution in [0.3, 0.4) is 0 Å². The van der Waals surface area contributed by atoms with Gasteiger partial charge in [-0.1, -0.05) is 0 Å². The van der Waals surface area contributed by atoms with Crippen molar-refractivity contribution in [1.29, 1.82) is 0 Å². The number of carboxylic acid groups (broad SMARTS) is 3. The van der Waals surface area contributed by atoms with E-state index in [1.165, 1.54) is 0 Å². The van der Waals surface area contributed by atoms with Crippen LogP contribution in [0.5, 0.6) is 0 Å². The van der Waals surface area contributed by atoms with Crippen LogP contribution in [-0.2, 0) is 19.1 Å². The number of ether oxygens (including phenoxy) is 1.